The number of sulfone groups is 1. The van der Waals surface area contributed by atoms with Gasteiger partial charge in [-0.2, -0.15) is 13.2 Å². The molecule has 3 N–H and O–H groups in total. The summed E-state index contributed by atoms with van der Waals surface area (Å²) in [7, 11) is -3.44. The van der Waals surface area contributed by atoms with Crippen molar-refractivity contribution in [1.82, 2.24) is 5.32 Å². The summed E-state index contributed by atoms with van der Waals surface area (Å²) in [5, 5.41) is 19.0. The van der Waals surface area contributed by atoms with Crippen molar-refractivity contribution in [3.8, 4) is 10.4 Å². The summed E-state index contributed by atoms with van der Waals surface area (Å²) in [4.78, 5) is 12.0. The third-order valence-electron chi connectivity index (χ3n) is 4.34. The third kappa shape index (κ3) is 6.11. The van der Waals surface area contributed by atoms with Gasteiger partial charge in [0.15, 0.2) is 9.84 Å². The second kappa shape index (κ2) is 9.24. The van der Waals surface area contributed by atoms with Crippen LogP contribution in [-0.2, 0) is 16.4 Å². The summed E-state index contributed by atoms with van der Waals surface area (Å²) in [6.07, 6.45) is -3.16. The van der Waals surface area contributed by atoms with Crippen LogP contribution in [0.1, 0.15) is 21.2 Å². The van der Waals surface area contributed by atoms with E-state index in [0.717, 1.165) is 17.6 Å². The van der Waals surface area contributed by atoms with Crippen molar-refractivity contribution in [2.24, 2.45) is 0 Å². The number of carboxylic acids is 1. The molecular weight excluding hydrogens is 481 g/mol. The van der Waals surface area contributed by atoms with Crippen LogP contribution in [0.2, 0.25) is 0 Å². The highest BCUT2D eigenvalue weighted by atomic mass is 32.2. The van der Waals surface area contributed by atoms with Crippen molar-refractivity contribution in [3.05, 3.63) is 71.0 Å². The van der Waals surface area contributed by atoms with Gasteiger partial charge < -0.3 is 14.8 Å². The normalized spacial score (nSPS) is 12.5. The van der Waals surface area contributed by atoms with Crippen LogP contribution in [0.5, 0.6) is 0 Å². The van der Waals surface area contributed by atoms with Crippen LogP contribution in [-0.4, -0.2) is 37.6 Å². The summed E-state index contributed by atoms with van der Waals surface area (Å²) < 4.78 is 67.7. The standard InChI is InChI=1S/C21H17F3N2O5S2/c1-33(29,30)14-4-2-3-12(9-14)17-7-8-18(32-17)15(10-19(25)21(22,23)24)26-11-13-5-6-16(31-13)20(27)28/h2-10,25-26H,11H2,1H3,(H,27,28)/b15-10-,25-19?. The molecule has 0 spiro atoms. The number of furan rings is 1. The van der Waals surface area contributed by atoms with E-state index in [0.29, 0.717) is 21.4 Å². The lowest BCUT2D eigenvalue weighted by molar-refractivity contribution is -0.0584. The Morgan fingerprint density at radius 1 is 1.21 bits per heavy atom. The molecule has 33 heavy (non-hydrogen) atoms. The fraction of sp³-hybridized carbons (Fsp3) is 0.143. The lowest BCUT2D eigenvalue weighted by Gasteiger charge is -2.11. The highest BCUT2D eigenvalue weighted by molar-refractivity contribution is 7.90. The highest BCUT2D eigenvalue weighted by Crippen LogP contribution is 2.33. The average molecular weight is 499 g/mol. The van der Waals surface area contributed by atoms with Gasteiger partial charge in [0.25, 0.3) is 0 Å². The van der Waals surface area contributed by atoms with Crippen molar-refractivity contribution >= 4 is 38.6 Å². The fourth-order valence-corrected chi connectivity index (χ4v) is 4.39. The Morgan fingerprint density at radius 3 is 2.55 bits per heavy atom. The number of hydrogen-bond acceptors (Lipinski definition) is 7. The van der Waals surface area contributed by atoms with Crippen molar-refractivity contribution in [2.75, 3.05) is 6.26 Å². The SMILES string of the molecule is CS(=O)(=O)c1cccc(-c2ccc(/C(=C/C(=N)C(F)(F)F)NCc3ccc(C(=O)O)o3)s2)c1. The average Bonchev–Trinajstić information content (AvgIpc) is 3.39. The molecular formula is C21H17F3N2O5S2. The summed E-state index contributed by atoms with van der Waals surface area (Å²) in [6, 6.07) is 11.9. The minimum atomic E-state index is -4.86. The van der Waals surface area contributed by atoms with E-state index in [2.05, 4.69) is 5.32 Å². The molecule has 12 heteroatoms. The van der Waals surface area contributed by atoms with Crippen molar-refractivity contribution in [2.45, 2.75) is 17.6 Å². The molecule has 0 aliphatic rings. The zero-order valence-corrected chi connectivity index (χ0v) is 18.6. The van der Waals surface area contributed by atoms with Crippen LogP contribution in [0, 0.1) is 5.41 Å². The van der Waals surface area contributed by atoms with Gasteiger partial charge in [-0.1, -0.05) is 12.1 Å². The third-order valence-corrected chi connectivity index (χ3v) is 6.62. The van der Waals surface area contributed by atoms with Crippen LogP contribution in [0.4, 0.5) is 13.2 Å². The Hall–Kier alpha value is -3.38. The molecule has 0 unspecified atom stereocenters. The molecule has 0 amide bonds. The molecule has 0 atom stereocenters. The van der Waals surface area contributed by atoms with Crippen molar-refractivity contribution < 1.29 is 35.9 Å². The number of carboxylic acid groups (broad SMARTS) is 1. The molecule has 0 bridgehead atoms. The van der Waals surface area contributed by atoms with Gasteiger partial charge in [0.1, 0.15) is 11.5 Å². The maximum absolute atomic E-state index is 13.0. The van der Waals surface area contributed by atoms with E-state index in [1.165, 1.54) is 24.3 Å². The fourth-order valence-electron chi connectivity index (χ4n) is 2.72. The monoisotopic (exact) mass is 498 g/mol. The van der Waals surface area contributed by atoms with Gasteiger partial charge >= 0.3 is 12.1 Å². The van der Waals surface area contributed by atoms with Crippen molar-refractivity contribution in [1.29, 1.82) is 5.41 Å². The van der Waals surface area contributed by atoms with E-state index in [9.17, 15) is 26.4 Å². The topological polar surface area (TPSA) is 120 Å². The predicted molar refractivity (Wildman–Crippen MR) is 117 cm³/mol. The maximum Gasteiger partial charge on any atom is 0.432 e. The number of allylic oxidation sites excluding steroid dienone is 1. The van der Waals surface area contributed by atoms with Crippen LogP contribution in [0.25, 0.3) is 16.1 Å². The molecule has 1 aromatic carbocycles. The van der Waals surface area contributed by atoms with Gasteiger partial charge in [-0.05, 0) is 48.0 Å². The number of hydrogen-bond donors (Lipinski definition) is 3. The Bertz CT molecular complexity index is 1340. The van der Waals surface area contributed by atoms with E-state index in [4.69, 9.17) is 14.9 Å². The first-order valence-electron chi connectivity index (χ1n) is 9.18. The summed E-state index contributed by atoms with van der Waals surface area (Å²) >= 11 is 1.10. The van der Waals surface area contributed by atoms with E-state index in [1.54, 1.807) is 24.3 Å². The van der Waals surface area contributed by atoms with E-state index < -0.39 is 27.7 Å². The number of benzene rings is 1. The minimum absolute atomic E-state index is 0.0267. The largest absolute Gasteiger partial charge is 0.475 e. The lowest BCUT2D eigenvalue weighted by Crippen LogP contribution is -2.22. The first-order valence-corrected chi connectivity index (χ1v) is 11.9. The number of rotatable bonds is 8. The molecule has 7 nitrogen and oxygen atoms in total. The molecule has 0 aliphatic carbocycles. The lowest BCUT2D eigenvalue weighted by atomic mass is 10.2. The van der Waals surface area contributed by atoms with E-state index >= 15 is 0 Å². The van der Waals surface area contributed by atoms with E-state index in [-0.39, 0.29) is 28.7 Å². The zero-order valence-electron chi connectivity index (χ0n) is 16.9. The first-order chi connectivity index (χ1) is 15.3. The number of carbonyl (C=O) groups is 1. The molecule has 0 saturated heterocycles. The minimum Gasteiger partial charge on any atom is -0.475 e. The zero-order chi connectivity index (χ0) is 24.4. The molecule has 0 aliphatic heterocycles. The Morgan fingerprint density at radius 2 is 1.94 bits per heavy atom. The maximum atomic E-state index is 13.0. The van der Waals surface area contributed by atoms with Gasteiger partial charge in [-0.15, -0.1) is 11.3 Å². The number of thiophene rings is 1. The van der Waals surface area contributed by atoms with Crippen LogP contribution in [0.3, 0.4) is 0 Å². The molecule has 3 aromatic rings. The molecule has 0 saturated carbocycles. The number of alkyl halides is 3. The van der Waals surface area contributed by atoms with E-state index in [1.807, 2.05) is 0 Å². The van der Waals surface area contributed by atoms with Crippen molar-refractivity contribution in [3.63, 3.8) is 0 Å². The molecule has 2 aromatic heterocycles. The number of nitrogens with one attached hydrogen (secondary N) is 2. The Labute approximate surface area is 190 Å². The van der Waals surface area contributed by atoms with Crippen LogP contribution in [0.15, 0.2) is 63.9 Å². The van der Waals surface area contributed by atoms with Crippen LogP contribution >= 0.6 is 11.3 Å². The summed E-state index contributed by atoms with van der Waals surface area (Å²) in [5.41, 5.74) is -1.04. The Balaban J connectivity index is 1.93. The first kappa shape index (κ1) is 24.3. The van der Waals surface area contributed by atoms with Gasteiger partial charge in [0, 0.05) is 11.1 Å². The summed E-state index contributed by atoms with van der Waals surface area (Å²) in [6.45, 7) is -0.124. The molecule has 174 valence electrons. The molecule has 0 radical (unpaired) electrons. The molecule has 0 fully saturated rings. The number of aromatic carboxylic acids is 1. The van der Waals surface area contributed by atoms with Gasteiger partial charge in [-0.3, -0.25) is 5.41 Å². The predicted octanol–water partition coefficient (Wildman–Crippen LogP) is 4.82. The Kier molecular flexibility index (Phi) is 6.79. The molecule has 2 heterocycles. The second-order valence-electron chi connectivity index (χ2n) is 6.86. The smallest absolute Gasteiger partial charge is 0.432 e. The quantitative estimate of drug-likeness (QED) is 0.383. The van der Waals surface area contributed by atoms with Crippen LogP contribution < -0.4 is 5.32 Å². The summed E-state index contributed by atoms with van der Waals surface area (Å²) in [5.74, 6) is -1.42. The highest BCUT2D eigenvalue weighted by Gasteiger charge is 2.33. The van der Waals surface area contributed by atoms with Gasteiger partial charge in [0.2, 0.25) is 5.76 Å². The molecule has 3 rings (SSSR count). The number of halogens is 3. The van der Waals surface area contributed by atoms with Gasteiger partial charge in [-0.25, -0.2) is 13.2 Å². The van der Waals surface area contributed by atoms with Gasteiger partial charge in [0.05, 0.1) is 22.0 Å². The second-order valence-corrected chi connectivity index (χ2v) is 9.96.